The van der Waals surface area contributed by atoms with Gasteiger partial charge in [-0.2, -0.15) is 10.2 Å². The van der Waals surface area contributed by atoms with Crippen LogP contribution in [0.2, 0.25) is 0 Å². The summed E-state index contributed by atoms with van der Waals surface area (Å²) in [6, 6.07) is 2.99. The molecule has 23 heteroatoms. The standard InChI is InChI=1S/C50H61FN16O6/c1-5-15-67-47-38(44(52)55-28-56-47)40(58-67)41-37(43(73-60-41)30-6-7-30)45-53-25-31(26-54-45)29-10-16-64(17-11-29)49(71)72-27-36(69)63-18-12-32(13-19-63)50(2,3)65-23-21-62(22-24-65)34-9-8-33-42(39(34)51)61(4)59-46(33)66-20-14-35(68)57-48(66)70/h8-9,25-26,28-30,32H,5-7,10-24,27H2,1-4H3,(H2,52,55,56)(H,57,68,70). The van der Waals surface area contributed by atoms with Gasteiger partial charge in [-0.15, -0.1) is 0 Å². The van der Waals surface area contributed by atoms with Gasteiger partial charge in [-0.05, 0) is 88.3 Å². The fourth-order valence-electron chi connectivity index (χ4n) is 11.4. The number of nitrogen functional groups attached to an aromatic ring is 1. The van der Waals surface area contributed by atoms with E-state index in [0.717, 1.165) is 56.5 Å². The van der Waals surface area contributed by atoms with Crippen molar-refractivity contribution in [1.82, 2.24) is 64.7 Å². The maximum atomic E-state index is 16.2. The molecule has 5 fully saturated rings. The van der Waals surface area contributed by atoms with E-state index in [4.69, 9.17) is 30.1 Å². The molecule has 1 saturated carbocycles. The van der Waals surface area contributed by atoms with Crippen molar-refractivity contribution < 1.29 is 32.8 Å². The Kier molecular flexibility index (Phi) is 12.7. The molecule has 5 amide bonds. The number of fused-ring (bicyclic) bond motifs is 2. The van der Waals surface area contributed by atoms with E-state index >= 15 is 4.39 Å². The van der Waals surface area contributed by atoms with Crippen molar-refractivity contribution in [3.63, 3.8) is 0 Å². The van der Waals surface area contributed by atoms with Crippen LogP contribution in [0.3, 0.4) is 0 Å². The Bertz CT molecular complexity index is 3090. The van der Waals surface area contributed by atoms with Crippen molar-refractivity contribution >= 4 is 63.2 Å². The Hall–Kier alpha value is -7.30. The van der Waals surface area contributed by atoms with Gasteiger partial charge in [0.1, 0.15) is 29.0 Å². The number of rotatable bonds is 12. The molecule has 11 rings (SSSR count). The van der Waals surface area contributed by atoms with Crippen LogP contribution in [-0.4, -0.2) is 154 Å². The van der Waals surface area contributed by atoms with E-state index in [2.05, 4.69) is 56.1 Å². The quantitative estimate of drug-likeness (QED) is 0.155. The average molecular weight is 1000 g/mol. The predicted octanol–water partition coefficient (Wildman–Crippen LogP) is 5.44. The number of piperidine rings is 2. The number of aryl methyl sites for hydroxylation is 2. The molecule has 1 aromatic carbocycles. The fourth-order valence-corrected chi connectivity index (χ4v) is 11.4. The van der Waals surface area contributed by atoms with Crippen LogP contribution in [0.25, 0.3) is 44.7 Å². The minimum atomic E-state index is -0.564. The van der Waals surface area contributed by atoms with Crippen LogP contribution < -0.4 is 20.9 Å². The molecular formula is C50H61FN16O6. The number of hydrogen-bond donors (Lipinski definition) is 2. The Morgan fingerprint density at radius 1 is 0.877 bits per heavy atom. The van der Waals surface area contributed by atoms with Crippen LogP contribution in [0.5, 0.6) is 0 Å². The molecule has 0 bridgehead atoms. The zero-order valence-electron chi connectivity index (χ0n) is 41.7. The first-order chi connectivity index (χ1) is 35.3. The smallest absolute Gasteiger partial charge is 0.410 e. The number of benzene rings is 1. The maximum Gasteiger partial charge on any atom is 0.410 e. The number of amides is 5. The summed E-state index contributed by atoms with van der Waals surface area (Å²) < 4.78 is 31.1. The monoisotopic (exact) mass is 1000 g/mol. The number of hydrogen-bond acceptors (Lipinski definition) is 16. The third-order valence-electron chi connectivity index (χ3n) is 15.8. The lowest BCUT2D eigenvalue weighted by Crippen LogP contribution is -2.59. The zero-order valence-corrected chi connectivity index (χ0v) is 41.7. The summed E-state index contributed by atoms with van der Waals surface area (Å²) in [5.74, 6) is 1.62. The fraction of sp³-hybridized carbons (Fsp3) is 0.540. The first kappa shape index (κ1) is 48.0. The molecule has 0 radical (unpaired) electrons. The Morgan fingerprint density at radius 2 is 1.60 bits per heavy atom. The summed E-state index contributed by atoms with van der Waals surface area (Å²) in [5.41, 5.74) is 10.4. The molecule has 3 N–H and O–H groups in total. The van der Waals surface area contributed by atoms with Gasteiger partial charge in [-0.25, -0.2) is 38.6 Å². The van der Waals surface area contributed by atoms with Gasteiger partial charge in [0.25, 0.3) is 5.91 Å². The lowest BCUT2D eigenvalue weighted by atomic mass is 9.78. The van der Waals surface area contributed by atoms with Crippen LogP contribution in [0.15, 0.2) is 35.4 Å². The van der Waals surface area contributed by atoms with Crippen LogP contribution in [0.1, 0.15) is 95.3 Å². The molecule has 6 aromatic rings. The van der Waals surface area contributed by atoms with E-state index < -0.39 is 17.9 Å². The van der Waals surface area contributed by atoms with E-state index in [1.807, 2.05) is 17.1 Å². The molecule has 5 aliphatic rings. The van der Waals surface area contributed by atoms with Crippen LogP contribution in [0.4, 0.5) is 31.3 Å². The number of nitrogens with zero attached hydrogens (tertiary/aromatic N) is 14. The van der Waals surface area contributed by atoms with Crippen molar-refractivity contribution in [2.24, 2.45) is 13.0 Å². The second-order valence-corrected chi connectivity index (χ2v) is 20.5. The van der Waals surface area contributed by atoms with Crippen molar-refractivity contribution in [2.75, 3.05) is 81.0 Å². The van der Waals surface area contributed by atoms with Gasteiger partial charge in [0.05, 0.1) is 16.6 Å². The van der Waals surface area contributed by atoms with Gasteiger partial charge in [0, 0.05) is 108 Å². The number of nitrogens with one attached hydrogen (secondary N) is 1. The maximum absolute atomic E-state index is 16.2. The van der Waals surface area contributed by atoms with E-state index in [0.29, 0.717) is 127 Å². The van der Waals surface area contributed by atoms with Gasteiger partial charge in [-0.3, -0.25) is 29.4 Å². The molecular weight excluding hydrogens is 940 g/mol. The number of ether oxygens (including phenoxy) is 1. The molecule has 73 heavy (non-hydrogen) atoms. The van der Waals surface area contributed by atoms with Gasteiger partial charge < -0.3 is 29.7 Å². The van der Waals surface area contributed by atoms with Gasteiger partial charge in [0.15, 0.2) is 35.5 Å². The second kappa shape index (κ2) is 19.3. The van der Waals surface area contributed by atoms with Gasteiger partial charge in [0.2, 0.25) is 5.91 Å². The van der Waals surface area contributed by atoms with Crippen LogP contribution >= 0.6 is 0 Å². The van der Waals surface area contributed by atoms with E-state index in [1.165, 1.54) is 15.9 Å². The highest BCUT2D eigenvalue weighted by atomic mass is 19.1. The summed E-state index contributed by atoms with van der Waals surface area (Å²) in [6.07, 6.45) is 10.6. The van der Waals surface area contributed by atoms with Gasteiger partial charge >= 0.3 is 12.1 Å². The van der Waals surface area contributed by atoms with E-state index in [-0.39, 0.29) is 48.8 Å². The summed E-state index contributed by atoms with van der Waals surface area (Å²) >= 11 is 0. The summed E-state index contributed by atoms with van der Waals surface area (Å²) in [6.45, 7) is 11.9. The average Bonchev–Trinajstić information content (AvgIpc) is 3.91. The van der Waals surface area contributed by atoms with Crippen molar-refractivity contribution in [1.29, 1.82) is 0 Å². The number of aromatic nitrogens is 9. The molecule has 5 aromatic heterocycles. The van der Waals surface area contributed by atoms with Crippen LogP contribution in [-0.2, 0) is 27.9 Å². The van der Waals surface area contributed by atoms with E-state index in [9.17, 15) is 19.2 Å². The number of anilines is 3. The Labute approximate surface area is 420 Å². The normalized spacial score (nSPS) is 18.9. The first-order valence-corrected chi connectivity index (χ1v) is 25.5. The largest absolute Gasteiger partial charge is 0.439 e. The highest BCUT2D eigenvalue weighted by Gasteiger charge is 2.41. The number of carbonyl (C=O) groups is 4. The summed E-state index contributed by atoms with van der Waals surface area (Å²) in [5, 5.41) is 17.3. The number of piperazine rings is 1. The molecule has 4 saturated heterocycles. The number of nitrogens with two attached hydrogens (primary N) is 1. The van der Waals surface area contributed by atoms with Crippen molar-refractivity contribution in [3.8, 4) is 22.8 Å². The molecule has 0 atom stereocenters. The molecule has 0 unspecified atom stereocenters. The minimum absolute atomic E-state index is 0.136. The highest BCUT2D eigenvalue weighted by Crippen LogP contribution is 2.48. The Balaban J connectivity index is 0.645. The van der Waals surface area contributed by atoms with Crippen molar-refractivity contribution in [2.45, 2.75) is 96.1 Å². The molecule has 1 aliphatic carbocycles. The second-order valence-electron chi connectivity index (χ2n) is 20.5. The molecule has 22 nitrogen and oxygen atoms in total. The molecule has 9 heterocycles. The minimum Gasteiger partial charge on any atom is -0.439 e. The van der Waals surface area contributed by atoms with E-state index in [1.54, 1.807) is 29.0 Å². The molecule has 384 valence electrons. The lowest BCUT2D eigenvalue weighted by molar-refractivity contribution is -0.136. The molecule has 4 aliphatic heterocycles. The first-order valence-electron chi connectivity index (χ1n) is 25.5. The number of urea groups is 1. The lowest BCUT2D eigenvalue weighted by Gasteiger charge is -2.50. The number of halogens is 1. The number of likely N-dealkylation sites (tertiary alicyclic amines) is 2. The predicted molar refractivity (Wildman–Crippen MR) is 267 cm³/mol. The van der Waals surface area contributed by atoms with Crippen molar-refractivity contribution in [3.05, 3.63) is 48.0 Å². The zero-order chi connectivity index (χ0) is 50.7. The number of carbonyl (C=O) groups excluding carboxylic acids is 4. The third kappa shape index (κ3) is 8.94. The number of imide groups is 1. The van der Waals surface area contributed by atoms with Crippen LogP contribution in [0, 0.1) is 11.7 Å². The highest BCUT2D eigenvalue weighted by molar-refractivity contribution is 6.09. The van der Waals surface area contributed by atoms with Gasteiger partial charge in [-0.1, -0.05) is 12.1 Å². The third-order valence-corrected chi connectivity index (χ3v) is 15.8. The summed E-state index contributed by atoms with van der Waals surface area (Å²) in [7, 11) is 1.66. The topological polar surface area (TPSA) is 245 Å². The Morgan fingerprint density at radius 3 is 2.30 bits per heavy atom. The summed E-state index contributed by atoms with van der Waals surface area (Å²) in [4.78, 5) is 78.7. The molecule has 0 spiro atoms. The SMILES string of the molecule is CCCn1nc(-c2noc(C3CC3)c2-c2ncc(C3CCN(C(=O)OCC(=O)N4CCC(C(C)(C)N5CCN(c6ccc7c(N8CCC(=O)NC8=O)nn(C)c7c6F)CC5)CC4)CC3)cn2)c2c(N)ncnc21.